The molecule has 0 aliphatic rings. The maximum absolute atomic E-state index is 10.7. The topological polar surface area (TPSA) is 68.0 Å². The Kier molecular flexibility index (Phi) is 3.72. The van der Waals surface area contributed by atoms with Crippen LogP contribution in [0.3, 0.4) is 0 Å². The summed E-state index contributed by atoms with van der Waals surface area (Å²) in [4.78, 5) is 10.7. The molecule has 2 aromatic rings. The van der Waals surface area contributed by atoms with E-state index < -0.39 is 11.9 Å². The molecule has 0 saturated heterocycles. The maximum atomic E-state index is 10.7. The van der Waals surface area contributed by atoms with Gasteiger partial charge < -0.3 is 5.11 Å². The van der Waals surface area contributed by atoms with E-state index in [1.165, 1.54) is 0 Å². The number of benzene rings is 1. The van der Waals surface area contributed by atoms with Crippen LogP contribution in [0.25, 0.3) is 0 Å². The van der Waals surface area contributed by atoms with Crippen LogP contribution < -0.4 is 0 Å². The lowest BCUT2D eigenvalue weighted by atomic mass is 10.1. The molecule has 0 radical (unpaired) electrons. The van der Waals surface area contributed by atoms with Crippen LogP contribution in [0.2, 0.25) is 0 Å². The van der Waals surface area contributed by atoms with Gasteiger partial charge in [0.15, 0.2) is 0 Å². The summed E-state index contributed by atoms with van der Waals surface area (Å²) in [5.41, 5.74) is 1.85. The summed E-state index contributed by atoms with van der Waals surface area (Å²) in [6, 6.07) is 9.94. The first-order valence-corrected chi connectivity index (χ1v) is 5.81. The summed E-state index contributed by atoms with van der Waals surface area (Å²) in [5.74, 6) is -1.25. The Bertz CT molecular complexity index is 522. The van der Waals surface area contributed by atoms with E-state index in [1.54, 1.807) is 17.8 Å². The van der Waals surface area contributed by atoms with E-state index in [4.69, 9.17) is 5.11 Å². The van der Waals surface area contributed by atoms with Gasteiger partial charge in [-0.15, -0.1) is 5.10 Å². The molecule has 1 aromatic carbocycles. The predicted molar refractivity (Wildman–Crippen MR) is 66.1 cm³/mol. The first kappa shape index (κ1) is 12.3. The van der Waals surface area contributed by atoms with Crippen molar-refractivity contribution in [3.05, 3.63) is 47.8 Å². The lowest BCUT2D eigenvalue weighted by Gasteiger charge is -2.01. The van der Waals surface area contributed by atoms with Crippen LogP contribution in [-0.4, -0.2) is 26.1 Å². The Balaban J connectivity index is 2.00. The summed E-state index contributed by atoms with van der Waals surface area (Å²) in [6.07, 6.45) is 2.20. The number of carboxylic acid groups (broad SMARTS) is 1. The van der Waals surface area contributed by atoms with Crippen molar-refractivity contribution in [2.45, 2.75) is 19.9 Å². The smallest absolute Gasteiger partial charge is 0.306 e. The predicted octanol–water partition coefficient (Wildman–Crippen LogP) is 1.59. The first-order valence-electron chi connectivity index (χ1n) is 5.81. The SMILES string of the molecule is CC(Cc1cn(Cc2ccccc2)nn1)C(=O)O. The summed E-state index contributed by atoms with van der Waals surface area (Å²) in [7, 11) is 0. The Morgan fingerprint density at radius 2 is 2.11 bits per heavy atom. The van der Waals surface area contributed by atoms with Crippen molar-refractivity contribution in [2.75, 3.05) is 0 Å². The Morgan fingerprint density at radius 1 is 1.39 bits per heavy atom. The van der Waals surface area contributed by atoms with Crippen LogP contribution in [0.5, 0.6) is 0 Å². The molecule has 0 bridgehead atoms. The van der Waals surface area contributed by atoms with Gasteiger partial charge in [0.25, 0.3) is 0 Å². The highest BCUT2D eigenvalue weighted by atomic mass is 16.4. The normalized spacial score (nSPS) is 12.3. The van der Waals surface area contributed by atoms with Crippen LogP contribution in [-0.2, 0) is 17.8 Å². The lowest BCUT2D eigenvalue weighted by molar-refractivity contribution is -0.141. The molecule has 94 valence electrons. The van der Waals surface area contributed by atoms with Crippen LogP contribution in [0, 0.1) is 5.92 Å². The number of nitrogens with zero attached hydrogens (tertiary/aromatic N) is 3. The number of aromatic nitrogens is 3. The molecule has 1 atom stereocenters. The van der Waals surface area contributed by atoms with E-state index in [9.17, 15) is 4.79 Å². The zero-order valence-corrected chi connectivity index (χ0v) is 10.2. The highest BCUT2D eigenvalue weighted by Gasteiger charge is 2.13. The van der Waals surface area contributed by atoms with Crippen LogP contribution in [0.15, 0.2) is 36.5 Å². The molecule has 1 unspecified atom stereocenters. The minimum Gasteiger partial charge on any atom is -0.481 e. The molecular formula is C13H15N3O2. The lowest BCUT2D eigenvalue weighted by Crippen LogP contribution is -2.12. The molecule has 0 aliphatic carbocycles. The number of carboxylic acids is 1. The van der Waals surface area contributed by atoms with E-state index in [2.05, 4.69) is 10.3 Å². The molecule has 0 amide bonds. The van der Waals surface area contributed by atoms with Gasteiger partial charge >= 0.3 is 5.97 Å². The van der Waals surface area contributed by atoms with Gasteiger partial charge in [0.2, 0.25) is 0 Å². The molecule has 5 heteroatoms. The van der Waals surface area contributed by atoms with Crippen LogP contribution in [0.4, 0.5) is 0 Å². The third-order valence-electron chi connectivity index (χ3n) is 2.71. The van der Waals surface area contributed by atoms with Crippen molar-refractivity contribution >= 4 is 5.97 Å². The highest BCUT2D eigenvalue weighted by Crippen LogP contribution is 2.07. The number of carbonyl (C=O) groups is 1. The van der Waals surface area contributed by atoms with Gasteiger partial charge in [-0.1, -0.05) is 42.5 Å². The summed E-state index contributed by atoms with van der Waals surface area (Å²) in [5, 5.41) is 16.8. The van der Waals surface area contributed by atoms with Crippen molar-refractivity contribution in [3.8, 4) is 0 Å². The van der Waals surface area contributed by atoms with E-state index in [0.29, 0.717) is 18.7 Å². The Hall–Kier alpha value is -2.17. The third kappa shape index (κ3) is 3.16. The molecule has 5 nitrogen and oxygen atoms in total. The van der Waals surface area contributed by atoms with Gasteiger partial charge in [-0.05, 0) is 5.56 Å². The Morgan fingerprint density at radius 3 is 2.78 bits per heavy atom. The average Bonchev–Trinajstić information content (AvgIpc) is 2.77. The molecule has 18 heavy (non-hydrogen) atoms. The van der Waals surface area contributed by atoms with E-state index >= 15 is 0 Å². The van der Waals surface area contributed by atoms with Crippen LogP contribution in [0.1, 0.15) is 18.2 Å². The summed E-state index contributed by atoms with van der Waals surface area (Å²) < 4.78 is 1.72. The number of aliphatic carboxylic acids is 1. The van der Waals surface area contributed by atoms with E-state index in [1.807, 2.05) is 30.3 Å². The molecule has 0 aliphatic heterocycles. The van der Waals surface area contributed by atoms with Gasteiger partial charge in [0.1, 0.15) is 0 Å². The van der Waals surface area contributed by atoms with Crippen molar-refractivity contribution in [1.29, 1.82) is 0 Å². The third-order valence-corrected chi connectivity index (χ3v) is 2.71. The molecule has 1 aromatic heterocycles. The number of hydrogen-bond acceptors (Lipinski definition) is 3. The van der Waals surface area contributed by atoms with Gasteiger partial charge in [-0.25, -0.2) is 4.68 Å². The number of hydrogen-bond donors (Lipinski definition) is 1. The standard InChI is InChI=1S/C13H15N3O2/c1-10(13(17)18)7-12-9-16(15-14-12)8-11-5-3-2-4-6-11/h2-6,9-10H,7-8H2,1H3,(H,17,18). The van der Waals surface area contributed by atoms with Crippen molar-refractivity contribution in [2.24, 2.45) is 5.92 Å². The average molecular weight is 245 g/mol. The van der Waals surface area contributed by atoms with Crippen molar-refractivity contribution in [1.82, 2.24) is 15.0 Å². The second-order valence-electron chi connectivity index (χ2n) is 4.34. The van der Waals surface area contributed by atoms with Gasteiger partial charge in [0.05, 0.1) is 18.2 Å². The Labute approximate surface area is 105 Å². The maximum Gasteiger partial charge on any atom is 0.306 e. The molecule has 0 fully saturated rings. The van der Waals surface area contributed by atoms with Gasteiger partial charge in [0, 0.05) is 12.6 Å². The van der Waals surface area contributed by atoms with Crippen LogP contribution >= 0.6 is 0 Å². The fraction of sp³-hybridized carbons (Fsp3) is 0.308. The van der Waals surface area contributed by atoms with Crippen molar-refractivity contribution in [3.63, 3.8) is 0 Å². The zero-order valence-electron chi connectivity index (χ0n) is 10.2. The molecule has 0 spiro atoms. The molecule has 2 rings (SSSR count). The zero-order chi connectivity index (χ0) is 13.0. The quantitative estimate of drug-likeness (QED) is 0.868. The van der Waals surface area contributed by atoms with Gasteiger partial charge in [-0.3, -0.25) is 4.79 Å². The minimum absolute atomic E-state index is 0.407. The fourth-order valence-corrected chi connectivity index (χ4v) is 1.68. The van der Waals surface area contributed by atoms with E-state index in [-0.39, 0.29) is 0 Å². The van der Waals surface area contributed by atoms with Gasteiger partial charge in [-0.2, -0.15) is 0 Å². The molecule has 1 heterocycles. The molecule has 1 N–H and O–H groups in total. The minimum atomic E-state index is -0.812. The largest absolute Gasteiger partial charge is 0.481 e. The number of rotatable bonds is 5. The monoisotopic (exact) mass is 245 g/mol. The first-order chi connectivity index (χ1) is 8.65. The van der Waals surface area contributed by atoms with E-state index in [0.717, 1.165) is 5.56 Å². The summed E-state index contributed by atoms with van der Waals surface area (Å²) in [6.45, 7) is 2.31. The highest BCUT2D eigenvalue weighted by molar-refractivity contribution is 5.69. The summed E-state index contributed by atoms with van der Waals surface area (Å²) >= 11 is 0. The second kappa shape index (κ2) is 5.44. The molecular weight excluding hydrogens is 230 g/mol. The molecule has 0 saturated carbocycles. The fourth-order valence-electron chi connectivity index (χ4n) is 1.68. The second-order valence-corrected chi connectivity index (χ2v) is 4.34. The van der Waals surface area contributed by atoms with Crippen molar-refractivity contribution < 1.29 is 9.90 Å².